The molecule has 0 unspecified atom stereocenters. The molecule has 0 bridgehead atoms. The number of anilines is 1. The zero-order valence-electron chi connectivity index (χ0n) is 17.0. The SMILES string of the molecule is CC(C)NC(=O)O[C@@H]1CC[C@H](C2=CC(Nc3ccc(CS(C)(=O)=O)cn3)=NC2)C1. The zero-order chi connectivity index (χ0) is 21.0. The van der Waals surface area contributed by atoms with Gasteiger partial charge in [0.2, 0.25) is 0 Å². The number of nitrogens with zero attached hydrogens (tertiary/aromatic N) is 2. The molecule has 158 valence electrons. The average molecular weight is 421 g/mol. The minimum atomic E-state index is -3.08. The summed E-state index contributed by atoms with van der Waals surface area (Å²) < 4.78 is 28.2. The number of alkyl carbamates (subject to hydrolysis) is 1. The monoisotopic (exact) mass is 420 g/mol. The van der Waals surface area contributed by atoms with E-state index >= 15 is 0 Å². The number of sulfone groups is 1. The van der Waals surface area contributed by atoms with E-state index in [0.717, 1.165) is 25.1 Å². The van der Waals surface area contributed by atoms with Gasteiger partial charge in [0.1, 0.15) is 17.8 Å². The molecular weight excluding hydrogens is 392 g/mol. The van der Waals surface area contributed by atoms with E-state index in [0.29, 0.717) is 23.8 Å². The Hall–Kier alpha value is -2.42. The summed E-state index contributed by atoms with van der Waals surface area (Å²) in [5, 5.41) is 5.92. The highest BCUT2D eigenvalue weighted by molar-refractivity contribution is 7.89. The smallest absolute Gasteiger partial charge is 0.407 e. The van der Waals surface area contributed by atoms with E-state index in [4.69, 9.17) is 4.74 Å². The van der Waals surface area contributed by atoms with Crippen molar-refractivity contribution in [2.45, 2.75) is 51.0 Å². The van der Waals surface area contributed by atoms with E-state index in [9.17, 15) is 13.2 Å². The summed E-state index contributed by atoms with van der Waals surface area (Å²) in [5.41, 5.74) is 1.89. The molecule has 1 aromatic heterocycles. The van der Waals surface area contributed by atoms with Crippen molar-refractivity contribution in [3.63, 3.8) is 0 Å². The van der Waals surface area contributed by atoms with Crippen LogP contribution in [0.1, 0.15) is 38.7 Å². The molecule has 1 aromatic rings. The fraction of sp³-hybridized carbons (Fsp3) is 0.550. The van der Waals surface area contributed by atoms with Gasteiger partial charge in [0, 0.05) is 18.5 Å². The molecule has 1 aliphatic carbocycles. The minimum Gasteiger partial charge on any atom is -0.446 e. The normalized spacial score (nSPS) is 21.7. The van der Waals surface area contributed by atoms with Crippen LogP contribution in [0.5, 0.6) is 0 Å². The molecule has 3 rings (SSSR count). The van der Waals surface area contributed by atoms with Crippen molar-refractivity contribution in [3.8, 4) is 0 Å². The Morgan fingerprint density at radius 3 is 2.76 bits per heavy atom. The van der Waals surface area contributed by atoms with Gasteiger partial charge < -0.3 is 15.4 Å². The number of carbonyl (C=O) groups excluding carboxylic acids is 1. The van der Waals surface area contributed by atoms with Crippen LogP contribution in [0.3, 0.4) is 0 Å². The van der Waals surface area contributed by atoms with Gasteiger partial charge in [-0.25, -0.2) is 18.2 Å². The Kier molecular flexibility index (Phi) is 6.56. The molecule has 2 aliphatic rings. The first-order valence-electron chi connectivity index (χ1n) is 9.79. The molecule has 29 heavy (non-hydrogen) atoms. The van der Waals surface area contributed by atoms with Gasteiger partial charge in [-0.1, -0.05) is 6.07 Å². The van der Waals surface area contributed by atoms with E-state index in [-0.39, 0.29) is 24.0 Å². The molecule has 1 fully saturated rings. The van der Waals surface area contributed by atoms with Crippen LogP contribution in [0.15, 0.2) is 35.0 Å². The van der Waals surface area contributed by atoms with Crippen LogP contribution in [0.4, 0.5) is 10.6 Å². The predicted octanol–water partition coefficient (Wildman–Crippen LogP) is 2.68. The number of nitrogens with one attached hydrogen (secondary N) is 2. The summed E-state index contributed by atoms with van der Waals surface area (Å²) in [6.45, 7) is 4.44. The van der Waals surface area contributed by atoms with Crippen molar-refractivity contribution in [1.29, 1.82) is 0 Å². The number of hydrogen-bond donors (Lipinski definition) is 2. The Balaban J connectivity index is 1.51. The molecule has 2 atom stereocenters. The number of aliphatic imine (C=N–C) groups is 1. The second kappa shape index (κ2) is 8.94. The molecule has 0 saturated heterocycles. The molecule has 0 aromatic carbocycles. The second-order valence-electron chi connectivity index (χ2n) is 8.00. The number of ether oxygens (including phenoxy) is 1. The van der Waals surface area contributed by atoms with Gasteiger partial charge in [-0.05, 0) is 62.3 Å². The van der Waals surface area contributed by atoms with Crippen molar-refractivity contribution < 1.29 is 17.9 Å². The van der Waals surface area contributed by atoms with Crippen molar-refractivity contribution in [3.05, 3.63) is 35.5 Å². The topological polar surface area (TPSA) is 110 Å². The fourth-order valence-electron chi connectivity index (χ4n) is 3.59. The first kappa shape index (κ1) is 21.3. The average Bonchev–Trinajstić information content (AvgIpc) is 3.24. The van der Waals surface area contributed by atoms with E-state index in [2.05, 4.69) is 20.6 Å². The van der Waals surface area contributed by atoms with Crippen LogP contribution >= 0.6 is 0 Å². The Labute approximate surface area is 171 Å². The van der Waals surface area contributed by atoms with E-state index in [1.54, 1.807) is 18.3 Å². The van der Waals surface area contributed by atoms with E-state index in [1.165, 1.54) is 11.8 Å². The fourth-order valence-corrected chi connectivity index (χ4v) is 4.36. The Morgan fingerprint density at radius 2 is 2.10 bits per heavy atom. The third kappa shape index (κ3) is 6.56. The van der Waals surface area contributed by atoms with Gasteiger partial charge >= 0.3 is 6.09 Å². The standard InChI is InChI=1S/C20H28N4O4S/c1-13(2)23-20(25)28-17-6-5-15(8-17)16-9-19(22-11-16)24-18-7-4-14(10-21-18)12-29(3,26)27/h4,7,9-10,13,15,17H,5-6,8,11-12H2,1-3H3,(H,23,25)(H,21,22,24)/t15-,17+/m0/s1. The highest BCUT2D eigenvalue weighted by Gasteiger charge is 2.31. The van der Waals surface area contributed by atoms with Crippen LogP contribution in [0.25, 0.3) is 0 Å². The van der Waals surface area contributed by atoms with Crippen LogP contribution in [-0.2, 0) is 20.3 Å². The van der Waals surface area contributed by atoms with Crippen LogP contribution in [-0.4, -0.2) is 50.3 Å². The molecule has 2 heterocycles. The predicted molar refractivity (Wildman–Crippen MR) is 113 cm³/mol. The number of carbonyl (C=O) groups is 1. The van der Waals surface area contributed by atoms with Crippen LogP contribution in [0.2, 0.25) is 0 Å². The summed E-state index contributed by atoms with van der Waals surface area (Å²) in [6, 6.07) is 3.56. The number of amides is 1. The number of hydrogen-bond acceptors (Lipinski definition) is 7. The highest BCUT2D eigenvalue weighted by Crippen LogP contribution is 2.34. The molecule has 1 saturated carbocycles. The third-order valence-corrected chi connectivity index (χ3v) is 5.71. The van der Waals surface area contributed by atoms with Crippen molar-refractivity contribution in [2.24, 2.45) is 10.9 Å². The largest absolute Gasteiger partial charge is 0.446 e. The summed E-state index contributed by atoms with van der Waals surface area (Å²) in [7, 11) is -3.08. The maximum atomic E-state index is 11.8. The molecule has 2 N–H and O–H groups in total. The number of rotatable bonds is 6. The minimum absolute atomic E-state index is 0.0224. The van der Waals surface area contributed by atoms with E-state index < -0.39 is 9.84 Å². The lowest BCUT2D eigenvalue weighted by atomic mass is 9.98. The Morgan fingerprint density at radius 1 is 1.31 bits per heavy atom. The summed E-state index contributed by atoms with van der Waals surface area (Å²) >= 11 is 0. The molecular formula is C20H28N4O4S. The second-order valence-corrected chi connectivity index (χ2v) is 10.1. The van der Waals surface area contributed by atoms with Gasteiger partial charge in [0.25, 0.3) is 0 Å². The van der Waals surface area contributed by atoms with Crippen LogP contribution in [0, 0.1) is 5.92 Å². The quantitative estimate of drug-likeness (QED) is 0.732. The van der Waals surface area contributed by atoms with Crippen LogP contribution < -0.4 is 10.6 Å². The summed E-state index contributed by atoms with van der Waals surface area (Å²) in [5.74, 6) is 1.70. The van der Waals surface area contributed by atoms with Gasteiger partial charge in [0.15, 0.2) is 9.84 Å². The van der Waals surface area contributed by atoms with Gasteiger partial charge in [0.05, 0.1) is 12.3 Å². The van der Waals surface area contributed by atoms with Crippen molar-refractivity contribution in [2.75, 3.05) is 18.1 Å². The molecule has 0 spiro atoms. The lowest BCUT2D eigenvalue weighted by molar-refractivity contribution is 0.0975. The first-order chi connectivity index (χ1) is 13.7. The third-order valence-electron chi connectivity index (χ3n) is 4.85. The Bertz CT molecular complexity index is 907. The molecule has 1 aliphatic heterocycles. The van der Waals surface area contributed by atoms with Gasteiger partial charge in [-0.15, -0.1) is 0 Å². The first-order valence-corrected chi connectivity index (χ1v) is 11.9. The van der Waals surface area contributed by atoms with Crippen molar-refractivity contribution in [1.82, 2.24) is 10.3 Å². The van der Waals surface area contributed by atoms with Gasteiger partial charge in [-0.2, -0.15) is 0 Å². The number of amidine groups is 1. The molecule has 8 nitrogen and oxygen atoms in total. The van der Waals surface area contributed by atoms with Gasteiger partial charge in [-0.3, -0.25) is 4.99 Å². The maximum absolute atomic E-state index is 11.8. The highest BCUT2D eigenvalue weighted by atomic mass is 32.2. The number of aromatic nitrogens is 1. The lowest BCUT2D eigenvalue weighted by Gasteiger charge is -2.15. The number of pyridine rings is 1. The zero-order valence-corrected chi connectivity index (χ0v) is 17.8. The van der Waals surface area contributed by atoms with Crippen molar-refractivity contribution >= 4 is 27.6 Å². The summed E-state index contributed by atoms with van der Waals surface area (Å²) in [4.78, 5) is 20.6. The maximum Gasteiger partial charge on any atom is 0.407 e. The summed E-state index contributed by atoms with van der Waals surface area (Å²) in [6.07, 6.45) is 7.05. The van der Waals surface area contributed by atoms with E-state index in [1.807, 2.05) is 19.9 Å². The molecule has 9 heteroatoms. The molecule has 0 radical (unpaired) electrons. The lowest BCUT2D eigenvalue weighted by Crippen LogP contribution is -2.33. The molecule has 1 amide bonds.